The van der Waals surface area contributed by atoms with Crippen molar-refractivity contribution in [3.05, 3.63) is 59.8 Å². The highest BCUT2D eigenvalue weighted by molar-refractivity contribution is 14.0. The molecule has 0 aliphatic rings. The number of hydrogen-bond acceptors (Lipinski definition) is 3. The standard InChI is InChI=1S/C22H26F2N4O2.HI/c1-3-29-19-10-6-7-16(20(19)30-21(23)24)14-28-22(25-2)26-12-11-15-13-27-18-9-5-4-8-17(15)18;/h4-10,13,21,27H,3,11-12,14H2,1-2H3,(H2,25,26,28);1H. The molecule has 9 heteroatoms. The molecule has 3 aromatic rings. The van der Waals surface area contributed by atoms with Crippen LogP contribution in [0.1, 0.15) is 18.1 Å². The van der Waals surface area contributed by atoms with Crippen LogP contribution in [-0.2, 0) is 13.0 Å². The van der Waals surface area contributed by atoms with E-state index in [1.165, 1.54) is 10.9 Å². The lowest BCUT2D eigenvalue weighted by Gasteiger charge is -2.17. The Kier molecular flexibility index (Phi) is 9.83. The number of H-pyrrole nitrogens is 1. The van der Waals surface area contributed by atoms with E-state index in [0.29, 0.717) is 30.4 Å². The molecule has 0 spiro atoms. The molecule has 0 amide bonds. The first-order chi connectivity index (χ1) is 14.6. The Hall–Kier alpha value is -2.56. The second-order valence-electron chi connectivity index (χ2n) is 6.52. The predicted molar refractivity (Wildman–Crippen MR) is 130 cm³/mol. The molecule has 0 aliphatic heterocycles. The number of benzene rings is 2. The van der Waals surface area contributed by atoms with Crippen molar-refractivity contribution in [3.63, 3.8) is 0 Å². The number of nitrogens with zero attached hydrogens (tertiary/aromatic N) is 1. The maximum atomic E-state index is 12.9. The highest BCUT2D eigenvalue weighted by atomic mass is 127. The van der Waals surface area contributed by atoms with Crippen molar-refractivity contribution in [2.24, 2.45) is 4.99 Å². The van der Waals surface area contributed by atoms with E-state index in [4.69, 9.17) is 9.47 Å². The van der Waals surface area contributed by atoms with Crippen LogP contribution in [0, 0.1) is 0 Å². The van der Waals surface area contributed by atoms with E-state index < -0.39 is 6.61 Å². The minimum absolute atomic E-state index is 0. The quantitative estimate of drug-likeness (QED) is 0.208. The zero-order valence-corrected chi connectivity index (χ0v) is 19.8. The molecule has 0 bridgehead atoms. The fourth-order valence-electron chi connectivity index (χ4n) is 3.25. The summed E-state index contributed by atoms with van der Waals surface area (Å²) in [5.41, 5.74) is 2.88. The molecule has 0 fully saturated rings. The van der Waals surface area contributed by atoms with Crippen LogP contribution in [0.3, 0.4) is 0 Å². The van der Waals surface area contributed by atoms with Crippen LogP contribution in [0.4, 0.5) is 8.78 Å². The molecule has 3 rings (SSSR count). The number of ether oxygens (including phenoxy) is 2. The van der Waals surface area contributed by atoms with E-state index in [1.807, 2.05) is 24.4 Å². The first kappa shape index (κ1) is 24.7. The van der Waals surface area contributed by atoms with Crippen molar-refractivity contribution in [3.8, 4) is 11.5 Å². The fourth-order valence-corrected chi connectivity index (χ4v) is 3.25. The Morgan fingerprint density at radius 2 is 1.90 bits per heavy atom. The molecule has 1 aromatic heterocycles. The summed E-state index contributed by atoms with van der Waals surface area (Å²) in [5, 5.41) is 7.58. The van der Waals surface area contributed by atoms with Crippen LogP contribution in [0.5, 0.6) is 11.5 Å². The lowest BCUT2D eigenvalue weighted by Crippen LogP contribution is -2.38. The minimum atomic E-state index is -2.93. The van der Waals surface area contributed by atoms with E-state index in [9.17, 15) is 8.78 Å². The van der Waals surface area contributed by atoms with Gasteiger partial charge in [0.25, 0.3) is 0 Å². The summed E-state index contributed by atoms with van der Waals surface area (Å²) in [6.45, 7) is 0.139. The van der Waals surface area contributed by atoms with Crippen molar-refractivity contribution in [2.45, 2.75) is 26.5 Å². The molecule has 3 N–H and O–H groups in total. The van der Waals surface area contributed by atoms with Gasteiger partial charge in [0, 0.05) is 42.8 Å². The first-order valence-electron chi connectivity index (χ1n) is 9.81. The number of guanidine groups is 1. The number of aliphatic imine (C=N–C) groups is 1. The summed E-state index contributed by atoms with van der Waals surface area (Å²) in [4.78, 5) is 7.46. The van der Waals surface area contributed by atoms with Gasteiger partial charge in [0.1, 0.15) is 0 Å². The third-order valence-corrected chi connectivity index (χ3v) is 4.60. The fraction of sp³-hybridized carbons (Fsp3) is 0.318. The molecule has 6 nitrogen and oxygen atoms in total. The number of para-hydroxylation sites is 2. The van der Waals surface area contributed by atoms with Gasteiger partial charge in [0.05, 0.1) is 6.61 Å². The summed E-state index contributed by atoms with van der Waals surface area (Å²) < 4.78 is 35.8. The maximum Gasteiger partial charge on any atom is 0.387 e. The highest BCUT2D eigenvalue weighted by Gasteiger charge is 2.16. The second kappa shape index (κ2) is 12.3. The summed E-state index contributed by atoms with van der Waals surface area (Å²) in [7, 11) is 1.66. The molecule has 0 saturated heterocycles. The van der Waals surface area contributed by atoms with Gasteiger partial charge in [0.2, 0.25) is 0 Å². The third-order valence-electron chi connectivity index (χ3n) is 4.60. The Labute approximate surface area is 197 Å². The van der Waals surface area contributed by atoms with Gasteiger partial charge in [-0.3, -0.25) is 4.99 Å². The molecule has 0 saturated carbocycles. The molecule has 0 atom stereocenters. The number of nitrogens with one attached hydrogen (secondary N) is 3. The number of hydrogen-bond donors (Lipinski definition) is 3. The Morgan fingerprint density at radius 3 is 2.65 bits per heavy atom. The number of aromatic amines is 1. The van der Waals surface area contributed by atoms with Gasteiger partial charge in [0.15, 0.2) is 17.5 Å². The van der Waals surface area contributed by atoms with Crippen LogP contribution in [0.25, 0.3) is 10.9 Å². The van der Waals surface area contributed by atoms with Crippen LogP contribution >= 0.6 is 24.0 Å². The maximum absolute atomic E-state index is 12.9. The average molecular weight is 544 g/mol. The summed E-state index contributed by atoms with van der Waals surface area (Å²) >= 11 is 0. The molecular formula is C22H27F2IN4O2. The van der Waals surface area contributed by atoms with Crippen LogP contribution in [-0.4, -0.2) is 37.8 Å². The van der Waals surface area contributed by atoms with E-state index >= 15 is 0 Å². The molecule has 168 valence electrons. The van der Waals surface area contributed by atoms with Gasteiger partial charge in [-0.05, 0) is 31.0 Å². The van der Waals surface area contributed by atoms with Gasteiger partial charge in [-0.25, -0.2) is 0 Å². The van der Waals surface area contributed by atoms with Crippen molar-refractivity contribution in [2.75, 3.05) is 20.2 Å². The molecule has 31 heavy (non-hydrogen) atoms. The highest BCUT2D eigenvalue weighted by Crippen LogP contribution is 2.32. The summed E-state index contributed by atoms with van der Waals surface area (Å²) in [6.07, 6.45) is 2.82. The normalized spacial score (nSPS) is 11.3. The van der Waals surface area contributed by atoms with Gasteiger partial charge < -0.3 is 25.1 Å². The molecule has 1 heterocycles. The largest absolute Gasteiger partial charge is 0.490 e. The van der Waals surface area contributed by atoms with E-state index in [2.05, 4.69) is 26.7 Å². The monoisotopic (exact) mass is 544 g/mol. The Balaban J connectivity index is 0.00000341. The lowest BCUT2D eigenvalue weighted by atomic mass is 10.1. The Morgan fingerprint density at radius 1 is 1.10 bits per heavy atom. The van der Waals surface area contributed by atoms with Crippen LogP contribution in [0.2, 0.25) is 0 Å². The Bertz CT molecular complexity index is 995. The molecular weight excluding hydrogens is 517 g/mol. The summed E-state index contributed by atoms with van der Waals surface area (Å²) in [6, 6.07) is 13.2. The number of halogens is 3. The topological polar surface area (TPSA) is 70.7 Å². The first-order valence-corrected chi connectivity index (χ1v) is 9.81. The van der Waals surface area contributed by atoms with Gasteiger partial charge in [-0.1, -0.05) is 30.3 Å². The van der Waals surface area contributed by atoms with Crippen LogP contribution in [0.15, 0.2) is 53.7 Å². The van der Waals surface area contributed by atoms with E-state index in [-0.39, 0.29) is 36.3 Å². The molecule has 0 unspecified atom stereocenters. The average Bonchev–Trinajstić information content (AvgIpc) is 3.15. The second-order valence-corrected chi connectivity index (χ2v) is 6.52. The van der Waals surface area contributed by atoms with Crippen LogP contribution < -0.4 is 20.1 Å². The van der Waals surface area contributed by atoms with Gasteiger partial charge >= 0.3 is 6.61 Å². The molecule has 0 aliphatic carbocycles. The number of aromatic nitrogens is 1. The van der Waals surface area contributed by atoms with Crippen molar-refractivity contribution in [1.82, 2.24) is 15.6 Å². The zero-order valence-electron chi connectivity index (χ0n) is 17.5. The van der Waals surface area contributed by atoms with E-state index in [0.717, 1.165) is 11.9 Å². The zero-order chi connectivity index (χ0) is 21.3. The summed E-state index contributed by atoms with van der Waals surface area (Å²) in [5.74, 6) is 0.898. The van der Waals surface area contributed by atoms with Crippen molar-refractivity contribution >= 4 is 40.8 Å². The molecule has 0 radical (unpaired) electrons. The number of fused-ring (bicyclic) bond motifs is 1. The SMILES string of the molecule is CCOc1cccc(CNC(=NC)NCCc2c[nH]c3ccccc23)c1OC(F)F.I. The van der Waals surface area contributed by atoms with Crippen molar-refractivity contribution < 1.29 is 18.3 Å². The third kappa shape index (κ3) is 6.71. The van der Waals surface area contributed by atoms with E-state index in [1.54, 1.807) is 32.2 Å². The smallest absolute Gasteiger partial charge is 0.387 e. The number of rotatable bonds is 9. The lowest BCUT2D eigenvalue weighted by molar-refractivity contribution is -0.0520. The molecule has 2 aromatic carbocycles. The predicted octanol–water partition coefficient (Wildman–Crippen LogP) is 4.69. The van der Waals surface area contributed by atoms with Gasteiger partial charge in [-0.15, -0.1) is 24.0 Å². The van der Waals surface area contributed by atoms with Crippen molar-refractivity contribution in [1.29, 1.82) is 0 Å². The van der Waals surface area contributed by atoms with Gasteiger partial charge in [-0.2, -0.15) is 8.78 Å². The number of alkyl halides is 2. The minimum Gasteiger partial charge on any atom is -0.490 e.